The second-order valence-electron chi connectivity index (χ2n) is 7.35. The van der Waals surface area contributed by atoms with Gasteiger partial charge in [-0.15, -0.1) is 0 Å². The minimum absolute atomic E-state index is 0.0388. The molecule has 28 heavy (non-hydrogen) atoms. The Morgan fingerprint density at radius 2 is 1.82 bits per heavy atom. The molecule has 5 nitrogen and oxygen atoms in total. The molecule has 0 aliphatic carbocycles. The quantitative estimate of drug-likeness (QED) is 0.737. The van der Waals surface area contributed by atoms with E-state index in [9.17, 15) is 14.7 Å². The van der Waals surface area contributed by atoms with Crippen molar-refractivity contribution in [1.82, 2.24) is 10.2 Å². The Morgan fingerprint density at radius 1 is 1.07 bits per heavy atom. The number of benzene rings is 3. The molecule has 0 aromatic heterocycles. The molecule has 2 N–H and O–H groups in total. The maximum absolute atomic E-state index is 12.6. The molecule has 4 rings (SSSR count). The molecule has 1 saturated heterocycles. The van der Waals surface area contributed by atoms with Crippen molar-refractivity contribution in [2.24, 2.45) is 0 Å². The molecule has 0 radical (unpaired) electrons. The third kappa shape index (κ3) is 3.31. The summed E-state index contributed by atoms with van der Waals surface area (Å²) < 4.78 is 0. The molecular weight excluding hydrogens is 352 g/mol. The van der Waals surface area contributed by atoms with Gasteiger partial charge < -0.3 is 15.3 Å². The maximum Gasteiger partial charge on any atom is 0.251 e. The van der Waals surface area contributed by atoms with Crippen LogP contribution in [-0.4, -0.2) is 41.5 Å². The fourth-order valence-electron chi connectivity index (χ4n) is 3.72. The third-order valence-electron chi connectivity index (χ3n) is 5.36. The Kier molecular flexibility index (Phi) is 4.51. The zero-order valence-corrected chi connectivity index (χ0v) is 15.9. The Hall–Kier alpha value is -3.34. The molecule has 5 heteroatoms. The van der Waals surface area contributed by atoms with E-state index in [1.54, 1.807) is 30.1 Å². The molecule has 0 bridgehead atoms. The van der Waals surface area contributed by atoms with E-state index in [4.69, 9.17) is 0 Å². The summed E-state index contributed by atoms with van der Waals surface area (Å²) in [6.45, 7) is 2.63. The van der Waals surface area contributed by atoms with E-state index in [0.717, 1.165) is 27.5 Å². The summed E-state index contributed by atoms with van der Waals surface area (Å²) in [5.74, 6) is -0.0123. The van der Waals surface area contributed by atoms with Crippen molar-refractivity contribution >= 4 is 22.6 Å². The van der Waals surface area contributed by atoms with Crippen LogP contribution in [0.1, 0.15) is 22.3 Å². The van der Waals surface area contributed by atoms with Crippen molar-refractivity contribution in [3.05, 3.63) is 65.7 Å². The highest BCUT2D eigenvalue weighted by Gasteiger charge is 2.30. The number of likely N-dealkylation sites (N-methyl/N-ethyl adjacent to an activating group) is 1. The SMILES string of the molecule is Cc1cc(O)ccc1-c1ccc2cc(C(=O)NC3CCN(C)C3=O)ccc2c1. The summed E-state index contributed by atoms with van der Waals surface area (Å²) in [7, 11) is 1.75. The van der Waals surface area contributed by atoms with Crippen LogP contribution < -0.4 is 5.32 Å². The second kappa shape index (κ2) is 7.00. The van der Waals surface area contributed by atoms with Crippen LogP contribution in [0, 0.1) is 6.92 Å². The number of rotatable bonds is 3. The largest absolute Gasteiger partial charge is 0.508 e. The van der Waals surface area contributed by atoms with Gasteiger partial charge in [-0.05, 0) is 71.1 Å². The number of hydrogen-bond donors (Lipinski definition) is 2. The van der Waals surface area contributed by atoms with Gasteiger partial charge in [-0.3, -0.25) is 9.59 Å². The summed E-state index contributed by atoms with van der Waals surface area (Å²) in [6, 6.07) is 16.5. The zero-order valence-electron chi connectivity index (χ0n) is 15.9. The lowest BCUT2D eigenvalue weighted by atomic mass is 9.97. The average Bonchev–Trinajstić information content (AvgIpc) is 2.99. The highest BCUT2D eigenvalue weighted by atomic mass is 16.3. The van der Waals surface area contributed by atoms with Crippen LogP contribution in [0.2, 0.25) is 0 Å². The van der Waals surface area contributed by atoms with Gasteiger partial charge in [0.05, 0.1) is 0 Å². The van der Waals surface area contributed by atoms with Crippen molar-refractivity contribution in [3.63, 3.8) is 0 Å². The van der Waals surface area contributed by atoms with Crippen molar-refractivity contribution in [2.45, 2.75) is 19.4 Å². The van der Waals surface area contributed by atoms with E-state index in [2.05, 4.69) is 11.4 Å². The summed E-state index contributed by atoms with van der Waals surface area (Å²) in [5, 5.41) is 14.4. The first-order valence-corrected chi connectivity index (χ1v) is 9.32. The van der Waals surface area contributed by atoms with E-state index in [1.165, 1.54) is 0 Å². The second-order valence-corrected chi connectivity index (χ2v) is 7.35. The van der Waals surface area contributed by atoms with Crippen LogP contribution in [-0.2, 0) is 4.79 Å². The number of nitrogens with zero attached hydrogens (tertiary/aromatic N) is 1. The van der Waals surface area contributed by atoms with Gasteiger partial charge in [0.25, 0.3) is 5.91 Å². The first-order valence-electron chi connectivity index (χ1n) is 9.32. The number of fused-ring (bicyclic) bond motifs is 1. The summed E-state index contributed by atoms with van der Waals surface area (Å²) in [6.07, 6.45) is 0.643. The van der Waals surface area contributed by atoms with Crippen LogP contribution >= 0.6 is 0 Å². The molecular formula is C23H22N2O3. The van der Waals surface area contributed by atoms with Crippen LogP contribution in [0.3, 0.4) is 0 Å². The van der Waals surface area contributed by atoms with Gasteiger partial charge in [-0.1, -0.05) is 24.3 Å². The van der Waals surface area contributed by atoms with E-state index >= 15 is 0 Å². The van der Waals surface area contributed by atoms with Crippen molar-refractivity contribution in [1.29, 1.82) is 0 Å². The number of carbonyl (C=O) groups excluding carboxylic acids is 2. The van der Waals surface area contributed by atoms with E-state index in [0.29, 0.717) is 18.5 Å². The summed E-state index contributed by atoms with van der Waals surface area (Å²) >= 11 is 0. The lowest BCUT2D eigenvalue weighted by Gasteiger charge is -2.13. The Morgan fingerprint density at radius 3 is 2.54 bits per heavy atom. The van der Waals surface area contributed by atoms with Gasteiger partial charge in [-0.25, -0.2) is 0 Å². The highest BCUT2D eigenvalue weighted by Crippen LogP contribution is 2.29. The van der Waals surface area contributed by atoms with Crippen LogP contribution in [0.15, 0.2) is 54.6 Å². The topological polar surface area (TPSA) is 69.6 Å². The monoisotopic (exact) mass is 374 g/mol. The van der Waals surface area contributed by atoms with Crippen LogP contribution in [0.4, 0.5) is 0 Å². The first-order chi connectivity index (χ1) is 13.4. The number of aromatic hydroxyl groups is 1. The van der Waals surface area contributed by atoms with Crippen molar-refractivity contribution < 1.29 is 14.7 Å². The molecule has 1 aliphatic rings. The highest BCUT2D eigenvalue weighted by molar-refractivity contribution is 6.01. The molecule has 0 spiro atoms. The number of phenolic OH excluding ortho intramolecular Hbond substituents is 1. The zero-order chi connectivity index (χ0) is 19.8. The predicted octanol–water partition coefficient (Wildman–Crippen LogP) is 3.48. The van der Waals surface area contributed by atoms with Crippen LogP contribution in [0.25, 0.3) is 21.9 Å². The fraction of sp³-hybridized carbons (Fsp3) is 0.217. The third-order valence-corrected chi connectivity index (χ3v) is 5.36. The number of nitrogens with one attached hydrogen (secondary N) is 1. The number of phenols is 1. The number of aryl methyl sites for hydroxylation is 1. The Bertz CT molecular complexity index is 1090. The van der Waals surface area contributed by atoms with Crippen LogP contribution in [0.5, 0.6) is 5.75 Å². The van der Waals surface area contributed by atoms with Crippen molar-refractivity contribution in [2.75, 3.05) is 13.6 Å². The molecule has 1 unspecified atom stereocenters. The van der Waals surface area contributed by atoms with Gasteiger partial charge in [0.1, 0.15) is 11.8 Å². The molecule has 3 aromatic carbocycles. The van der Waals surface area contributed by atoms with E-state index in [-0.39, 0.29) is 17.6 Å². The predicted molar refractivity (Wildman–Crippen MR) is 109 cm³/mol. The van der Waals surface area contributed by atoms with E-state index < -0.39 is 6.04 Å². The number of amides is 2. The smallest absolute Gasteiger partial charge is 0.251 e. The molecule has 1 fully saturated rings. The lowest BCUT2D eigenvalue weighted by molar-refractivity contribution is -0.128. The van der Waals surface area contributed by atoms with Gasteiger partial charge in [-0.2, -0.15) is 0 Å². The number of carbonyl (C=O) groups is 2. The average molecular weight is 374 g/mol. The minimum atomic E-state index is -0.437. The molecule has 0 saturated carbocycles. The van der Waals surface area contributed by atoms with E-state index in [1.807, 2.05) is 37.3 Å². The van der Waals surface area contributed by atoms with Gasteiger partial charge >= 0.3 is 0 Å². The molecule has 1 heterocycles. The summed E-state index contributed by atoms with van der Waals surface area (Å²) in [4.78, 5) is 26.2. The van der Waals surface area contributed by atoms with Gasteiger partial charge in [0.2, 0.25) is 5.91 Å². The lowest BCUT2D eigenvalue weighted by Crippen LogP contribution is -2.40. The van der Waals surface area contributed by atoms with Gasteiger partial charge in [0.15, 0.2) is 0 Å². The normalized spacial score (nSPS) is 16.6. The molecule has 142 valence electrons. The first kappa shape index (κ1) is 18.0. The maximum atomic E-state index is 12.6. The number of hydrogen-bond acceptors (Lipinski definition) is 3. The Labute approximate surface area is 163 Å². The summed E-state index contributed by atoms with van der Waals surface area (Å²) in [5.41, 5.74) is 3.66. The number of likely N-dealkylation sites (tertiary alicyclic amines) is 1. The van der Waals surface area contributed by atoms with Crippen molar-refractivity contribution in [3.8, 4) is 16.9 Å². The molecule has 3 aromatic rings. The Balaban J connectivity index is 1.60. The molecule has 2 amide bonds. The minimum Gasteiger partial charge on any atom is -0.508 e. The molecule has 1 atom stereocenters. The molecule has 1 aliphatic heterocycles. The van der Waals surface area contributed by atoms with Gasteiger partial charge in [0, 0.05) is 19.2 Å². The standard InChI is InChI=1S/C23H22N2O3/c1-14-11-19(26)7-8-20(14)17-5-3-16-13-18(6-4-15(16)12-17)22(27)24-21-9-10-25(2)23(21)28/h3-8,11-13,21,26H,9-10H2,1-2H3,(H,24,27). The fourth-order valence-corrected chi connectivity index (χ4v) is 3.72.